The zero-order valence-corrected chi connectivity index (χ0v) is 19.5. The number of carbonyl (C=O) groups is 1. The molecule has 0 spiro atoms. The van der Waals surface area contributed by atoms with Crippen LogP contribution in [0.15, 0.2) is 48.7 Å². The van der Waals surface area contributed by atoms with Gasteiger partial charge in [-0.15, -0.1) is 10.2 Å². The normalized spacial score (nSPS) is 16.7. The number of alkyl halides is 3. The number of fused-ring (bicyclic) bond motifs is 1. The lowest BCUT2D eigenvalue weighted by Crippen LogP contribution is -2.40. The van der Waals surface area contributed by atoms with Crippen LogP contribution in [0, 0.1) is 13.8 Å². The van der Waals surface area contributed by atoms with Crippen molar-refractivity contribution in [3.63, 3.8) is 0 Å². The van der Waals surface area contributed by atoms with Crippen LogP contribution in [0.4, 0.5) is 13.2 Å². The maximum absolute atomic E-state index is 13.6. The van der Waals surface area contributed by atoms with Gasteiger partial charge < -0.3 is 4.90 Å². The van der Waals surface area contributed by atoms with E-state index in [1.165, 1.54) is 10.5 Å². The van der Waals surface area contributed by atoms with E-state index in [2.05, 4.69) is 15.3 Å². The summed E-state index contributed by atoms with van der Waals surface area (Å²) >= 11 is 0. The molecule has 0 saturated carbocycles. The van der Waals surface area contributed by atoms with Crippen molar-refractivity contribution in [1.29, 1.82) is 0 Å². The molecule has 1 amide bonds. The summed E-state index contributed by atoms with van der Waals surface area (Å²) in [4.78, 5) is 15.3. The van der Waals surface area contributed by atoms with Crippen LogP contribution in [0.1, 0.15) is 57.5 Å². The smallest absolute Gasteiger partial charge is 0.338 e. The van der Waals surface area contributed by atoms with Crippen LogP contribution in [-0.2, 0) is 12.7 Å². The first-order valence-electron chi connectivity index (χ1n) is 11.5. The first kappa shape index (κ1) is 23.1. The average molecular weight is 483 g/mol. The van der Waals surface area contributed by atoms with E-state index in [0.717, 1.165) is 29.9 Å². The predicted octanol–water partition coefficient (Wildman–Crippen LogP) is 4.63. The number of rotatable bonds is 4. The Morgan fingerprint density at radius 1 is 1.09 bits per heavy atom. The number of carbonyl (C=O) groups excluding carboxylic acids is 1. The van der Waals surface area contributed by atoms with Crippen LogP contribution < -0.4 is 0 Å². The van der Waals surface area contributed by atoms with Crippen LogP contribution in [-0.4, -0.2) is 48.3 Å². The van der Waals surface area contributed by atoms with Crippen LogP contribution in [0.3, 0.4) is 0 Å². The summed E-state index contributed by atoms with van der Waals surface area (Å²) in [5, 5.41) is 12.8. The van der Waals surface area contributed by atoms with Crippen molar-refractivity contribution in [2.75, 3.05) is 13.1 Å². The van der Waals surface area contributed by atoms with Gasteiger partial charge in [0.05, 0.1) is 23.4 Å². The molecule has 1 aliphatic rings. The summed E-state index contributed by atoms with van der Waals surface area (Å²) in [5.41, 5.74) is 2.71. The molecule has 0 N–H and O–H groups in total. The molecule has 1 atom stereocenters. The number of nitrogens with zero attached hydrogens (tertiary/aromatic N) is 6. The Kier molecular flexibility index (Phi) is 5.82. The van der Waals surface area contributed by atoms with Gasteiger partial charge in [0.25, 0.3) is 5.91 Å². The van der Waals surface area contributed by atoms with Crippen molar-refractivity contribution in [2.24, 2.45) is 0 Å². The topological polar surface area (TPSA) is 68.3 Å². The van der Waals surface area contributed by atoms with Gasteiger partial charge in [0.2, 0.25) is 0 Å². The van der Waals surface area contributed by atoms with E-state index < -0.39 is 11.7 Å². The zero-order valence-electron chi connectivity index (χ0n) is 19.5. The van der Waals surface area contributed by atoms with Gasteiger partial charge in [0.1, 0.15) is 5.82 Å². The number of pyridine rings is 1. The lowest BCUT2D eigenvalue weighted by Gasteiger charge is -2.32. The molecule has 0 aliphatic carbocycles. The SMILES string of the molecule is Cc1nn(Cc2ccccc2)c(C)c1C(=O)N1CCCC(c2nnc3ccc(C(F)(F)F)cn23)C1. The molecule has 35 heavy (non-hydrogen) atoms. The second-order valence-electron chi connectivity index (χ2n) is 8.98. The first-order valence-corrected chi connectivity index (χ1v) is 11.5. The third-order valence-corrected chi connectivity index (χ3v) is 6.60. The lowest BCUT2D eigenvalue weighted by molar-refractivity contribution is -0.137. The van der Waals surface area contributed by atoms with Gasteiger partial charge in [-0.3, -0.25) is 13.9 Å². The lowest BCUT2D eigenvalue weighted by atomic mass is 9.96. The number of piperidine rings is 1. The van der Waals surface area contributed by atoms with Crippen molar-refractivity contribution in [3.05, 3.63) is 82.6 Å². The summed E-state index contributed by atoms with van der Waals surface area (Å²) in [6.45, 7) is 5.22. The minimum atomic E-state index is -4.46. The van der Waals surface area contributed by atoms with E-state index in [4.69, 9.17) is 0 Å². The fourth-order valence-corrected chi connectivity index (χ4v) is 4.80. The zero-order chi connectivity index (χ0) is 24.7. The van der Waals surface area contributed by atoms with Crippen LogP contribution in [0.5, 0.6) is 0 Å². The van der Waals surface area contributed by atoms with E-state index in [1.54, 1.807) is 4.90 Å². The maximum atomic E-state index is 13.6. The van der Waals surface area contributed by atoms with E-state index in [0.29, 0.717) is 48.8 Å². The molecule has 1 aliphatic heterocycles. The number of aryl methyl sites for hydroxylation is 1. The fourth-order valence-electron chi connectivity index (χ4n) is 4.80. The number of benzene rings is 1. The quantitative estimate of drug-likeness (QED) is 0.425. The first-order chi connectivity index (χ1) is 16.7. The van der Waals surface area contributed by atoms with Crippen LogP contribution in [0.2, 0.25) is 0 Å². The monoisotopic (exact) mass is 482 g/mol. The molecule has 0 bridgehead atoms. The molecule has 10 heteroatoms. The Hall–Kier alpha value is -3.69. The summed E-state index contributed by atoms with van der Waals surface area (Å²) < 4.78 is 43.0. The largest absolute Gasteiger partial charge is 0.417 e. The Morgan fingerprint density at radius 3 is 2.60 bits per heavy atom. The minimum Gasteiger partial charge on any atom is -0.338 e. The number of amides is 1. The average Bonchev–Trinajstić information content (AvgIpc) is 3.38. The Morgan fingerprint density at radius 2 is 1.86 bits per heavy atom. The van der Waals surface area contributed by atoms with E-state index in [-0.39, 0.29) is 11.8 Å². The highest BCUT2D eigenvalue weighted by Gasteiger charge is 2.33. The van der Waals surface area contributed by atoms with Gasteiger partial charge in [0.15, 0.2) is 5.65 Å². The number of halogens is 3. The molecule has 7 nitrogen and oxygen atoms in total. The maximum Gasteiger partial charge on any atom is 0.417 e. The molecule has 5 rings (SSSR count). The number of aromatic nitrogens is 5. The van der Waals surface area contributed by atoms with Gasteiger partial charge in [0, 0.05) is 30.9 Å². The molecule has 0 radical (unpaired) electrons. The Balaban J connectivity index is 1.40. The summed E-state index contributed by atoms with van der Waals surface area (Å²) in [6, 6.07) is 12.2. The molecule has 182 valence electrons. The molecule has 4 heterocycles. The summed E-state index contributed by atoms with van der Waals surface area (Å²) in [6.07, 6.45) is -1.99. The third-order valence-electron chi connectivity index (χ3n) is 6.60. The predicted molar refractivity (Wildman–Crippen MR) is 123 cm³/mol. The number of likely N-dealkylation sites (tertiary alicyclic amines) is 1. The highest BCUT2D eigenvalue weighted by atomic mass is 19.4. The third kappa shape index (κ3) is 4.40. The summed E-state index contributed by atoms with van der Waals surface area (Å²) in [7, 11) is 0. The van der Waals surface area contributed by atoms with E-state index >= 15 is 0 Å². The van der Waals surface area contributed by atoms with Crippen LogP contribution in [0.25, 0.3) is 5.65 Å². The van der Waals surface area contributed by atoms with Crippen molar-refractivity contribution in [2.45, 2.75) is 45.3 Å². The number of hydrogen-bond donors (Lipinski definition) is 0. The van der Waals surface area contributed by atoms with Gasteiger partial charge in [-0.05, 0) is 44.4 Å². The number of hydrogen-bond acceptors (Lipinski definition) is 4. The molecule has 4 aromatic rings. The highest BCUT2D eigenvalue weighted by molar-refractivity contribution is 5.96. The summed E-state index contributed by atoms with van der Waals surface area (Å²) in [5.74, 6) is 0.108. The van der Waals surface area contributed by atoms with Crippen LogP contribution >= 0.6 is 0 Å². The highest BCUT2D eigenvalue weighted by Crippen LogP contribution is 2.32. The second-order valence-corrected chi connectivity index (χ2v) is 8.98. The van der Waals surface area contributed by atoms with E-state index in [9.17, 15) is 18.0 Å². The Bertz CT molecular complexity index is 1380. The van der Waals surface area contributed by atoms with Crippen molar-refractivity contribution < 1.29 is 18.0 Å². The molecular formula is C25H25F3N6O. The van der Waals surface area contributed by atoms with Crippen molar-refractivity contribution in [1.82, 2.24) is 29.3 Å². The van der Waals surface area contributed by atoms with Gasteiger partial charge in [-0.25, -0.2) is 0 Å². The molecular weight excluding hydrogens is 457 g/mol. The molecule has 1 saturated heterocycles. The molecule has 1 unspecified atom stereocenters. The van der Waals surface area contributed by atoms with E-state index in [1.807, 2.05) is 48.9 Å². The molecule has 3 aromatic heterocycles. The fraction of sp³-hybridized carbons (Fsp3) is 0.360. The Labute approximate surface area is 200 Å². The van der Waals surface area contributed by atoms with Gasteiger partial charge in [-0.2, -0.15) is 18.3 Å². The minimum absolute atomic E-state index is 0.117. The van der Waals surface area contributed by atoms with Gasteiger partial charge in [-0.1, -0.05) is 30.3 Å². The molecule has 1 fully saturated rings. The molecule has 1 aromatic carbocycles. The van der Waals surface area contributed by atoms with Crippen molar-refractivity contribution in [3.8, 4) is 0 Å². The standard InChI is InChI=1S/C25H25F3N6O/c1-16-22(17(2)34(31-16)13-18-7-4-3-5-8-18)24(35)32-12-6-9-19(14-32)23-30-29-21-11-10-20(15-33(21)23)25(26,27)28/h3-5,7-8,10-11,15,19H,6,9,12-14H2,1-2H3. The second kappa shape index (κ2) is 8.83. The van der Waals surface area contributed by atoms with Crippen molar-refractivity contribution >= 4 is 11.6 Å². The van der Waals surface area contributed by atoms with Gasteiger partial charge >= 0.3 is 6.18 Å².